The van der Waals surface area contributed by atoms with Crippen molar-refractivity contribution in [2.45, 2.75) is 32.0 Å². The number of anilines is 2. The second-order valence-corrected chi connectivity index (χ2v) is 7.88. The molecule has 31 heavy (non-hydrogen) atoms. The number of hydrogen-bond donors (Lipinski definition) is 4. The third kappa shape index (κ3) is 4.74. The summed E-state index contributed by atoms with van der Waals surface area (Å²) in [6.07, 6.45) is 2.03. The summed E-state index contributed by atoms with van der Waals surface area (Å²) in [5.74, 6) is 0.109. The minimum Gasteiger partial charge on any atom is -0.380 e. The summed E-state index contributed by atoms with van der Waals surface area (Å²) in [4.78, 5) is 9.41. The van der Waals surface area contributed by atoms with E-state index in [4.69, 9.17) is 21.3 Å². The molecule has 166 valence electrons. The number of ether oxygens (including phenoxy) is 1. The molecule has 10 heteroatoms. The van der Waals surface area contributed by atoms with Gasteiger partial charge in [0.1, 0.15) is 6.23 Å². The van der Waals surface area contributed by atoms with Crippen molar-refractivity contribution in [2.24, 2.45) is 0 Å². The molecule has 3 aromatic rings. The standard InChI is InChI=1S/C21H28ClN7O2/c1-3-31-10-9-29-12-15-18(17-14-11-13(22)5-6-16(14)25-20(17)30)26-21(27-19(15)28-29)24-8-4-7-23-2/h5-6,11-12,17,20,23,25,30H,3-4,7-10H2,1-2H3,(H,24,27,28). The van der Waals surface area contributed by atoms with Crippen molar-refractivity contribution in [2.75, 3.05) is 44.0 Å². The molecule has 0 fully saturated rings. The molecule has 1 aliphatic rings. The Morgan fingerprint density at radius 1 is 1.29 bits per heavy atom. The van der Waals surface area contributed by atoms with Gasteiger partial charge in [0.15, 0.2) is 5.65 Å². The molecule has 0 aliphatic carbocycles. The van der Waals surface area contributed by atoms with E-state index in [0.29, 0.717) is 42.1 Å². The predicted molar refractivity (Wildman–Crippen MR) is 122 cm³/mol. The van der Waals surface area contributed by atoms with Crippen LogP contribution in [0, 0.1) is 0 Å². The van der Waals surface area contributed by atoms with Crippen LogP contribution >= 0.6 is 11.6 Å². The molecule has 2 atom stereocenters. The van der Waals surface area contributed by atoms with E-state index in [-0.39, 0.29) is 5.92 Å². The number of nitrogens with zero attached hydrogens (tertiary/aromatic N) is 4. The van der Waals surface area contributed by atoms with Crippen LogP contribution in [-0.2, 0) is 11.3 Å². The lowest BCUT2D eigenvalue weighted by molar-refractivity contribution is 0.136. The zero-order valence-corrected chi connectivity index (χ0v) is 18.5. The topological polar surface area (TPSA) is 109 Å². The highest BCUT2D eigenvalue weighted by Gasteiger charge is 2.35. The number of fused-ring (bicyclic) bond motifs is 2. The van der Waals surface area contributed by atoms with Gasteiger partial charge in [-0.15, -0.1) is 0 Å². The first kappa shape index (κ1) is 21.8. The summed E-state index contributed by atoms with van der Waals surface area (Å²) < 4.78 is 7.28. The average Bonchev–Trinajstić information content (AvgIpc) is 3.30. The number of benzene rings is 1. The maximum atomic E-state index is 10.8. The van der Waals surface area contributed by atoms with Crippen LogP contribution in [-0.4, -0.2) is 64.4 Å². The smallest absolute Gasteiger partial charge is 0.225 e. The van der Waals surface area contributed by atoms with Crippen molar-refractivity contribution in [3.8, 4) is 0 Å². The Morgan fingerprint density at radius 3 is 2.97 bits per heavy atom. The Labute approximate surface area is 186 Å². The first-order valence-electron chi connectivity index (χ1n) is 10.6. The fraction of sp³-hybridized carbons (Fsp3) is 0.476. The fourth-order valence-corrected chi connectivity index (χ4v) is 3.98. The van der Waals surface area contributed by atoms with E-state index in [2.05, 4.69) is 26.0 Å². The summed E-state index contributed by atoms with van der Waals surface area (Å²) in [5.41, 5.74) is 3.05. The number of rotatable bonds is 10. The minimum absolute atomic E-state index is 0.387. The number of hydrogen-bond acceptors (Lipinski definition) is 8. The monoisotopic (exact) mass is 445 g/mol. The molecule has 0 saturated heterocycles. The molecule has 1 aromatic carbocycles. The highest BCUT2D eigenvalue weighted by Crippen LogP contribution is 2.42. The number of nitrogens with one attached hydrogen (secondary N) is 3. The molecule has 1 aliphatic heterocycles. The zero-order valence-electron chi connectivity index (χ0n) is 17.7. The summed E-state index contributed by atoms with van der Waals surface area (Å²) in [6, 6.07) is 5.55. The van der Waals surface area contributed by atoms with Gasteiger partial charge in [-0.3, -0.25) is 4.68 Å². The summed E-state index contributed by atoms with van der Waals surface area (Å²) in [5, 5.41) is 26.4. The summed E-state index contributed by atoms with van der Waals surface area (Å²) in [7, 11) is 1.92. The van der Waals surface area contributed by atoms with E-state index >= 15 is 0 Å². The lowest BCUT2D eigenvalue weighted by Gasteiger charge is -2.16. The first-order chi connectivity index (χ1) is 15.1. The lowest BCUT2D eigenvalue weighted by Crippen LogP contribution is -2.22. The van der Waals surface area contributed by atoms with Crippen LogP contribution in [0.5, 0.6) is 0 Å². The first-order valence-corrected chi connectivity index (χ1v) is 10.9. The summed E-state index contributed by atoms with van der Waals surface area (Å²) in [6.45, 7) is 5.42. The normalized spacial score (nSPS) is 17.7. The summed E-state index contributed by atoms with van der Waals surface area (Å²) >= 11 is 6.26. The predicted octanol–water partition coefficient (Wildman–Crippen LogP) is 2.41. The molecule has 0 saturated carbocycles. The van der Waals surface area contributed by atoms with Gasteiger partial charge < -0.3 is 25.8 Å². The minimum atomic E-state index is -0.824. The molecule has 0 radical (unpaired) electrons. The van der Waals surface area contributed by atoms with E-state index in [1.807, 2.05) is 37.0 Å². The van der Waals surface area contributed by atoms with Crippen molar-refractivity contribution in [1.29, 1.82) is 0 Å². The number of halogens is 1. The van der Waals surface area contributed by atoms with Gasteiger partial charge in [0, 0.05) is 30.1 Å². The van der Waals surface area contributed by atoms with Crippen molar-refractivity contribution < 1.29 is 9.84 Å². The molecular weight excluding hydrogens is 418 g/mol. The Hall–Kier alpha value is -2.46. The zero-order chi connectivity index (χ0) is 21.8. The molecule has 9 nitrogen and oxygen atoms in total. The maximum absolute atomic E-state index is 10.8. The van der Waals surface area contributed by atoms with Gasteiger partial charge in [0.2, 0.25) is 5.95 Å². The van der Waals surface area contributed by atoms with Crippen LogP contribution in [0.15, 0.2) is 24.4 Å². The van der Waals surface area contributed by atoms with Crippen molar-refractivity contribution >= 4 is 34.3 Å². The van der Waals surface area contributed by atoms with Gasteiger partial charge >= 0.3 is 0 Å². The third-order valence-electron chi connectivity index (χ3n) is 5.27. The van der Waals surface area contributed by atoms with E-state index < -0.39 is 6.23 Å². The van der Waals surface area contributed by atoms with Crippen molar-refractivity contribution in [3.05, 3.63) is 40.7 Å². The average molecular weight is 446 g/mol. The second-order valence-electron chi connectivity index (χ2n) is 7.44. The SMILES string of the molecule is CCOCCn1cc2c(C3c4cc(Cl)ccc4NC3O)nc(NCCCNC)nc2n1. The fourth-order valence-electron chi connectivity index (χ4n) is 3.80. The van der Waals surface area contributed by atoms with Gasteiger partial charge in [-0.2, -0.15) is 10.1 Å². The highest BCUT2D eigenvalue weighted by atomic mass is 35.5. The Bertz CT molecular complexity index is 1040. The molecule has 2 aromatic heterocycles. The van der Waals surface area contributed by atoms with Gasteiger partial charge in [-0.1, -0.05) is 11.6 Å². The largest absolute Gasteiger partial charge is 0.380 e. The van der Waals surface area contributed by atoms with E-state index in [1.165, 1.54) is 0 Å². The van der Waals surface area contributed by atoms with E-state index in [1.54, 1.807) is 6.07 Å². The van der Waals surface area contributed by atoms with E-state index in [0.717, 1.165) is 36.1 Å². The Balaban J connectivity index is 1.73. The third-order valence-corrected chi connectivity index (χ3v) is 5.51. The Kier molecular flexibility index (Phi) is 6.86. The molecule has 4 rings (SSSR count). The van der Waals surface area contributed by atoms with Crippen LogP contribution in [0.2, 0.25) is 5.02 Å². The van der Waals surface area contributed by atoms with Crippen molar-refractivity contribution in [3.63, 3.8) is 0 Å². The van der Waals surface area contributed by atoms with Crippen LogP contribution in [0.25, 0.3) is 11.0 Å². The molecular formula is C21H28ClN7O2. The molecule has 4 N–H and O–H groups in total. The molecule has 0 spiro atoms. The molecule has 2 unspecified atom stereocenters. The van der Waals surface area contributed by atoms with Crippen molar-refractivity contribution in [1.82, 2.24) is 25.1 Å². The second kappa shape index (κ2) is 9.78. The highest BCUT2D eigenvalue weighted by molar-refractivity contribution is 6.30. The molecule has 0 bridgehead atoms. The number of aliphatic hydroxyl groups excluding tert-OH is 1. The number of aliphatic hydroxyl groups is 1. The number of aromatic nitrogens is 4. The van der Waals surface area contributed by atoms with Crippen LogP contribution in [0.4, 0.5) is 11.6 Å². The van der Waals surface area contributed by atoms with E-state index in [9.17, 15) is 5.11 Å². The van der Waals surface area contributed by atoms with Crippen LogP contribution in [0.3, 0.4) is 0 Å². The maximum Gasteiger partial charge on any atom is 0.225 e. The molecule has 3 heterocycles. The van der Waals surface area contributed by atoms with Gasteiger partial charge in [0.25, 0.3) is 0 Å². The van der Waals surface area contributed by atoms with Gasteiger partial charge in [-0.05, 0) is 50.7 Å². The molecule has 0 amide bonds. The Morgan fingerprint density at radius 2 is 2.16 bits per heavy atom. The van der Waals surface area contributed by atoms with Crippen LogP contribution in [0.1, 0.15) is 30.5 Å². The van der Waals surface area contributed by atoms with Crippen LogP contribution < -0.4 is 16.0 Å². The van der Waals surface area contributed by atoms with Gasteiger partial charge in [-0.25, -0.2) is 4.98 Å². The quantitative estimate of drug-likeness (QED) is 0.352. The van der Waals surface area contributed by atoms with Gasteiger partial charge in [0.05, 0.1) is 30.1 Å². The lowest BCUT2D eigenvalue weighted by atomic mass is 9.94.